The van der Waals surface area contributed by atoms with Crippen molar-refractivity contribution in [3.63, 3.8) is 0 Å². The average molecular weight is 388 g/mol. The van der Waals surface area contributed by atoms with Gasteiger partial charge in [0.15, 0.2) is 11.5 Å². The highest BCUT2D eigenvalue weighted by molar-refractivity contribution is 5.61. The number of methoxy groups -OCH3 is 4. The minimum absolute atomic E-state index is 0.112. The zero-order valence-corrected chi connectivity index (χ0v) is 16.7. The Hall–Kier alpha value is -2.80. The van der Waals surface area contributed by atoms with Crippen molar-refractivity contribution < 1.29 is 33.2 Å². The van der Waals surface area contributed by atoms with Crippen LogP contribution >= 0.6 is 0 Å². The molecule has 2 aromatic rings. The van der Waals surface area contributed by atoms with Gasteiger partial charge in [-0.1, -0.05) is 0 Å². The molecule has 7 heteroatoms. The summed E-state index contributed by atoms with van der Waals surface area (Å²) in [6, 6.07) is 7.51. The Bertz CT molecular complexity index is 870. The molecule has 150 valence electrons. The van der Waals surface area contributed by atoms with Crippen molar-refractivity contribution in [2.45, 2.75) is 25.0 Å². The van der Waals surface area contributed by atoms with Gasteiger partial charge in [0, 0.05) is 55.7 Å². The number of benzene rings is 2. The molecule has 0 amide bonds. The van der Waals surface area contributed by atoms with Gasteiger partial charge in [0.25, 0.3) is 0 Å². The standard InChI is InChI=1S/C21H24O7/c1-21(25-5)10-14(13-8-16-17(27-11-26-16)9-15(13)28-21)20-18(23-3)6-12(22-2)7-19(20)24-4/h6-9,14H,10-11H2,1-5H3/t14-,21+/m0/s1. The van der Waals surface area contributed by atoms with Crippen molar-refractivity contribution in [2.75, 3.05) is 35.2 Å². The van der Waals surface area contributed by atoms with E-state index in [2.05, 4.69) is 0 Å². The van der Waals surface area contributed by atoms with Crippen molar-refractivity contribution in [1.82, 2.24) is 0 Å². The molecule has 2 atom stereocenters. The van der Waals surface area contributed by atoms with Gasteiger partial charge in [0.05, 0.1) is 21.3 Å². The van der Waals surface area contributed by atoms with Crippen molar-refractivity contribution in [3.8, 4) is 34.5 Å². The number of ether oxygens (including phenoxy) is 7. The Kier molecular flexibility index (Phi) is 4.63. The summed E-state index contributed by atoms with van der Waals surface area (Å²) in [4.78, 5) is 0. The third-order valence-corrected chi connectivity index (χ3v) is 5.31. The Morgan fingerprint density at radius 3 is 2.07 bits per heavy atom. The maximum atomic E-state index is 6.17. The quantitative estimate of drug-likeness (QED) is 0.773. The van der Waals surface area contributed by atoms with Gasteiger partial charge >= 0.3 is 0 Å². The molecule has 2 aromatic carbocycles. The highest BCUT2D eigenvalue weighted by atomic mass is 16.7. The molecular weight excluding hydrogens is 364 g/mol. The van der Waals surface area contributed by atoms with E-state index in [0.29, 0.717) is 40.9 Å². The lowest BCUT2D eigenvalue weighted by Gasteiger charge is -2.39. The third kappa shape index (κ3) is 2.96. The molecule has 0 spiro atoms. The molecule has 0 aromatic heterocycles. The first-order chi connectivity index (χ1) is 13.5. The van der Waals surface area contributed by atoms with Crippen LogP contribution in [0.15, 0.2) is 24.3 Å². The molecule has 2 aliphatic heterocycles. The fraction of sp³-hybridized carbons (Fsp3) is 0.429. The zero-order chi connectivity index (χ0) is 19.9. The van der Waals surface area contributed by atoms with Crippen LogP contribution in [0.2, 0.25) is 0 Å². The smallest absolute Gasteiger partial charge is 0.231 e. The number of fused-ring (bicyclic) bond motifs is 2. The molecule has 0 fully saturated rings. The molecule has 28 heavy (non-hydrogen) atoms. The van der Waals surface area contributed by atoms with Crippen molar-refractivity contribution in [3.05, 3.63) is 35.4 Å². The van der Waals surface area contributed by atoms with E-state index in [1.807, 2.05) is 31.2 Å². The Labute approximate surface area is 164 Å². The van der Waals surface area contributed by atoms with Gasteiger partial charge < -0.3 is 33.2 Å². The fourth-order valence-corrected chi connectivity index (χ4v) is 3.81. The van der Waals surface area contributed by atoms with Gasteiger partial charge in [0.1, 0.15) is 23.0 Å². The average Bonchev–Trinajstić information content (AvgIpc) is 3.17. The van der Waals surface area contributed by atoms with Crippen molar-refractivity contribution >= 4 is 0 Å². The Morgan fingerprint density at radius 1 is 0.857 bits per heavy atom. The van der Waals surface area contributed by atoms with Crippen LogP contribution in [0.5, 0.6) is 34.5 Å². The molecule has 0 radical (unpaired) electrons. The summed E-state index contributed by atoms with van der Waals surface area (Å²) in [7, 11) is 6.51. The van der Waals surface area contributed by atoms with Crippen LogP contribution in [0, 0.1) is 0 Å². The summed E-state index contributed by atoms with van der Waals surface area (Å²) in [5.74, 6) is 3.11. The second-order valence-electron chi connectivity index (χ2n) is 6.89. The summed E-state index contributed by atoms with van der Waals surface area (Å²) in [5, 5.41) is 0. The van der Waals surface area contributed by atoms with E-state index in [-0.39, 0.29) is 12.7 Å². The molecule has 0 bridgehead atoms. The number of rotatable bonds is 5. The van der Waals surface area contributed by atoms with Crippen LogP contribution in [0.3, 0.4) is 0 Å². The van der Waals surface area contributed by atoms with Gasteiger partial charge in [0.2, 0.25) is 12.6 Å². The molecule has 7 nitrogen and oxygen atoms in total. The molecule has 0 N–H and O–H groups in total. The highest BCUT2D eigenvalue weighted by Gasteiger charge is 2.42. The monoisotopic (exact) mass is 388 g/mol. The highest BCUT2D eigenvalue weighted by Crippen LogP contribution is 2.53. The first kappa shape index (κ1) is 18.6. The van der Waals surface area contributed by atoms with E-state index in [0.717, 1.165) is 11.1 Å². The summed E-state index contributed by atoms with van der Waals surface area (Å²) in [6.45, 7) is 2.11. The van der Waals surface area contributed by atoms with Gasteiger partial charge in [-0.25, -0.2) is 0 Å². The van der Waals surface area contributed by atoms with Crippen molar-refractivity contribution in [2.24, 2.45) is 0 Å². The predicted molar refractivity (Wildman–Crippen MR) is 101 cm³/mol. The van der Waals surface area contributed by atoms with Gasteiger partial charge in [-0.05, 0) is 6.07 Å². The predicted octanol–water partition coefficient (Wildman–Crippen LogP) is 3.72. The second kappa shape index (κ2) is 6.98. The van der Waals surface area contributed by atoms with Crippen LogP contribution in [0.4, 0.5) is 0 Å². The lowest BCUT2D eigenvalue weighted by atomic mass is 9.82. The van der Waals surface area contributed by atoms with Crippen LogP contribution in [0.25, 0.3) is 0 Å². The maximum Gasteiger partial charge on any atom is 0.231 e. The Morgan fingerprint density at radius 2 is 1.50 bits per heavy atom. The largest absolute Gasteiger partial charge is 0.496 e. The molecule has 0 saturated heterocycles. The summed E-state index contributed by atoms with van der Waals surface area (Å²) >= 11 is 0. The summed E-state index contributed by atoms with van der Waals surface area (Å²) in [6.07, 6.45) is 0.565. The molecule has 0 aliphatic carbocycles. The summed E-state index contributed by atoms with van der Waals surface area (Å²) in [5.41, 5.74) is 1.86. The lowest BCUT2D eigenvalue weighted by molar-refractivity contribution is -0.163. The normalized spacial score (nSPS) is 22.2. The van der Waals surface area contributed by atoms with Crippen molar-refractivity contribution in [1.29, 1.82) is 0 Å². The first-order valence-electron chi connectivity index (χ1n) is 8.99. The van der Waals surface area contributed by atoms with E-state index in [9.17, 15) is 0 Å². The maximum absolute atomic E-state index is 6.17. The topological polar surface area (TPSA) is 64.6 Å². The Balaban J connectivity index is 1.93. The minimum Gasteiger partial charge on any atom is -0.496 e. The molecule has 2 heterocycles. The van der Waals surface area contributed by atoms with Gasteiger partial charge in [-0.2, -0.15) is 0 Å². The molecule has 0 saturated carbocycles. The molecule has 2 aliphatic rings. The van der Waals surface area contributed by atoms with E-state index < -0.39 is 5.79 Å². The van der Waals surface area contributed by atoms with Crippen LogP contribution in [-0.2, 0) is 4.74 Å². The second-order valence-corrected chi connectivity index (χ2v) is 6.89. The molecule has 0 unspecified atom stereocenters. The minimum atomic E-state index is -0.818. The number of hydrogen-bond acceptors (Lipinski definition) is 7. The van der Waals surface area contributed by atoms with E-state index >= 15 is 0 Å². The van der Waals surface area contributed by atoms with E-state index in [1.165, 1.54) is 0 Å². The molecular formula is C21H24O7. The van der Waals surface area contributed by atoms with Crippen LogP contribution in [0.1, 0.15) is 30.4 Å². The summed E-state index contributed by atoms with van der Waals surface area (Å²) < 4.78 is 39.8. The zero-order valence-electron chi connectivity index (χ0n) is 16.7. The lowest BCUT2D eigenvalue weighted by Crippen LogP contribution is -2.40. The van der Waals surface area contributed by atoms with Gasteiger partial charge in [-0.3, -0.25) is 0 Å². The third-order valence-electron chi connectivity index (χ3n) is 5.31. The number of hydrogen-bond donors (Lipinski definition) is 0. The molecule has 4 rings (SSSR count). The van der Waals surface area contributed by atoms with E-state index in [1.54, 1.807) is 28.4 Å². The van der Waals surface area contributed by atoms with Crippen LogP contribution in [-0.4, -0.2) is 41.0 Å². The van der Waals surface area contributed by atoms with E-state index in [4.69, 9.17) is 33.2 Å². The van der Waals surface area contributed by atoms with Gasteiger partial charge in [-0.15, -0.1) is 0 Å². The first-order valence-corrected chi connectivity index (χ1v) is 8.99. The fourth-order valence-electron chi connectivity index (χ4n) is 3.81. The SMILES string of the molecule is COc1cc(OC)c([C@H]2C[C@](C)(OC)Oc3cc4c(cc32)OCO4)c(OC)c1. The van der Waals surface area contributed by atoms with Crippen LogP contribution < -0.4 is 28.4 Å².